The number of hydrogen-bond acceptors (Lipinski definition) is 3. The molecule has 0 amide bonds. The molecule has 2 rings (SSSR count). The van der Waals surface area contributed by atoms with Crippen LogP contribution in [0.5, 0.6) is 11.5 Å². The third-order valence-corrected chi connectivity index (χ3v) is 2.95. The van der Waals surface area contributed by atoms with Crippen molar-refractivity contribution in [3.05, 3.63) is 59.4 Å². The van der Waals surface area contributed by atoms with Gasteiger partial charge in [0.1, 0.15) is 12.4 Å². The van der Waals surface area contributed by atoms with Crippen LogP contribution < -0.4 is 14.8 Å². The summed E-state index contributed by atoms with van der Waals surface area (Å²) in [6, 6.07) is 12.3. The van der Waals surface area contributed by atoms with Crippen molar-refractivity contribution >= 4 is 0 Å². The van der Waals surface area contributed by atoms with Gasteiger partial charge in [-0.2, -0.15) is 0 Å². The second-order valence-corrected chi connectivity index (χ2v) is 4.40. The van der Waals surface area contributed by atoms with E-state index in [0.717, 1.165) is 12.1 Å². The van der Waals surface area contributed by atoms with E-state index in [4.69, 9.17) is 9.47 Å². The molecule has 0 fully saturated rings. The van der Waals surface area contributed by atoms with Crippen LogP contribution in [-0.4, -0.2) is 14.2 Å². The highest BCUT2D eigenvalue weighted by atomic mass is 19.1. The number of rotatable bonds is 6. The van der Waals surface area contributed by atoms with Crippen LogP contribution >= 0.6 is 0 Å². The summed E-state index contributed by atoms with van der Waals surface area (Å²) >= 11 is 0. The van der Waals surface area contributed by atoms with E-state index in [0.29, 0.717) is 17.1 Å². The van der Waals surface area contributed by atoms with Gasteiger partial charge in [-0.3, -0.25) is 0 Å². The minimum atomic E-state index is -0.265. The Balaban J connectivity index is 2.11. The molecule has 0 unspecified atom stereocenters. The Morgan fingerprint density at radius 1 is 1.10 bits per heavy atom. The van der Waals surface area contributed by atoms with Gasteiger partial charge in [0, 0.05) is 12.1 Å². The van der Waals surface area contributed by atoms with E-state index >= 15 is 0 Å². The van der Waals surface area contributed by atoms with Crippen molar-refractivity contribution in [2.45, 2.75) is 13.2 Å². The fourth-order valence-electron chi connectivity index (χ4n) is 1.92. The normalized spacial score (nSPS) is 10.3. The highest BCUT2D eigenvalue weighted by molar-refractivity contribution is 5.43. The maximum atomic E-state index is 13.5. The van der Waals surface area contributed by atoms with Gasteiger partial charge in [-0.15, -0.1) is 0 Å². The Kier molecular flexibility index (Phi) is 4.96. The van der Waals surface area contributed by atoms with Crippen molar-refractivity contribution in [2.75, 3.05) is 14.2 Å². The molecule has 1 N–H and O–H groups in total. The second kappa shape index (κ2) is 6.91. The zero-order valence-electron chi connectivity index (χ0n) is 11.7. The molecule has 0 bridgehead atoms. The van der Waals surface area contributed by atoms with Crippen LogP contribution in [0.15, 0.2) is 42.5 Å². The smallest absolute Gasteiger partial charge is 0.161 e. The summed E-state index contributed by atoms with van der Waals surface area (Å²) in [4.78, 5) is 0. The number of ether oxygens (including phenoxy) is 2. The van der Waals surface area contributed by atoms with Crippen LogP contribution in [0.25, 0.3) is 0 Å². The average molecular weight is 275 g/mol. The molecule has 0 heterocycles. The summed E-state index contributed by atoms with van der Waals surface area (Å²) in [5, 5.41) is 3.07. The number of benzene rings is 2. The minimum Gasteiger partial charge on any atom is -0.493 e. The van der Waals surface area contributed by atoms with Crippen LogP contribution in [0.4, 0.5) is 4.39 Å². The lowest BCUT2D eigenvalue weighted by Crippen LogP contribution is -2.06. The second-order valence-electron chi connectivity index (χ2n) is 4.40. The van der Waals surface area contributed by atoms with Crippen molar-refractivity contribution in [3.63, 3.8) is 0 Å². The number of halogens is 1. The molecule has 2 aromatic carbocycles. The Labute approximate surface area is 118 Å². The SMILES string of the molecule is CNCc1ccc(OCc2ccccc2F)c(OC)c1. The lowest BCUT2D eigenvalue weighted by molar-refractivity contribution is 0.279. The molecule has 0 atom stereocenters. The molecule has 106 valence electrons. The molecule has 2 aromatic rings. The van der Waals surface area contributed by atoms with Gasteiger partial charge in [-0.05, 0) is 30.8 Å². The van der Waals surface area contributed by atoms with Gasteiger partial charge in [-0.1, -0.05) is 24.3 Å². The number of methoxy groups -OCH3 is 1. The van der Waals surface area contributed by atoms with Gasteiger partial charge in [0.25, 0.3) is 0 Å². The first kappa shape index (κ1) is 14.3. The van der Waals surface area contributed by atoms with E-state index < -0.39 is 0 Å². The molecule has 4 heteroatoms. The van der Waals surface area contributed by atoms with Crippen molar-refractivity contribution in [3.8, 4) is 11.5 Å². The van der Waals surface area contributed by atoms with Gasteiger partial charge in [0.05, 0.1) is 7.11 Å². The van der Waals surface area contributed by atoms with Crippen molar-refractivity contribution in [1.82, 2.24) is 5.32 Å². The molecule has 0 spiro atoms. The molecule has 0 aliphatic carbocycles. The Morgan fingerprint density at radius 2 is 1.90 bits per heavy atom. The molecule has 20 heavy (non-hydrogen) atoms. The quantitative estimate of drug-likeness (QED) is 0.878. The summed E-state index contributed by atoms with van der Waals surface area (Å²) in [5.74, 6) is 0.989. The summed E-state index contributed by atoms with van der Waals surface area (Å²) in [6.07, 6.45) is 0. The summed E-state index contributed by atoms with van der Waals surface area (Å²) in [7, 11) is 3.48. The Hall–Kier alpha value is -2.07. The fourth-order valence-corrected chi connectivity index (χ4v) is 1.92. The number of nitrogens with one attached hydrogen (secondary N) is 1. The van der Waals surface area contributed by atoms with Gasteiger partial charge in [0.2, 0.25) is 0 Å². The predicted octanol–water partition coefficient (Wildman–Crippen LogP) is 3.13. The number of hydrogen-bond donors (Lipinski definition) is 1. The van der Waals surface area contributed by atoms with E-state index in [1.54, 1.807) is 25.3 Å². The molecule has 0 aliphatic rings. The molecule has 0 radical (unpaired) electrons. The third kappa shape index (κ3) is 3.48. The lowest BCUT2D eigenvalue weighted by atomic mass is 10.2. The van der Waals surface area contributed by atoms with Crippen LogP contribution in [0.2, 0.25) is 0 Å². The van der Waals surface area contributed by atoms with Crippen LogP contribution in [0, 0.1) is 5.82 Å². The first-order chi connectivity index (χ1) is 9.74. The maximum Gasteiger partial charge on any atom is 0.161 e. The highest BCUT2D eigenvalue weighted by Crippen LogP contribution is 2.29. The van der Waals surface area contributed by atoms with Crippen molar-refractivity contribution < 1.29 is 13.9 Å². The largest absolute Gasteiger partial charge is 0.493 e. The Morgan fingerprint density at radius 3 is 2.60 bits per heavy atom. The van der Waals surface area contributed by atoms with E-state index in [1.807, 2.05) is 25.2 Å². The average Bonchev–Trinajstić information content (AvgIpc) is 2.47. The van der Waals surface area contributed by atoms with Crippen molar-refractivity contribution in [1.29, 1.82) is 0 Å². The van der Waals surface area contributed by atoms with Gasteiger partial charge < -0.3 is 14.8 Å². The molecule has 0 aliphatic heterocycles. The lowest BCUT2D eigenvalue weighted by Gasteiger charge is -2.12. The summed E-state index contributed by atoms with van der Waals surface area (Å²) in [6.45, 7) is 0.929. The van der Waals surface area contributed by atoms with Crippen LogP contribution in [0.1, 0.15) is 11.1 Å². The molecule has 3 nitrogen and oxygen atoms in total. The predicted molar refractivity (Wildman–Crippen MR) is 76.5 cm³/mol. The molecule has 0 saturated heterocycles. The van der Waals surface area contributed by atoms with Crippen molar-refractivity contribution in [2.24, 2.45) is 0 Å². The molecular weight excluding hydrogens is 257 g/mol. The van der Waals surface area contributed by atoms with Crippen LogP contribution in [-0.2, 0) is 13.2 Å². The van der Waals surface area contributed by atoms with E-state index in [9.17, 15) is 4.39 Å². The summed E-state index contributed by atoms with van der Waals surface area (Å²) < 4.78 is 24.5. The monoisotopic (exact) mass is 275 g/mol. The maximum absolute atomic E-state index is 13.5. The van der Waals surface area contributed by atoms with E-state index in [1.165, 1.54) is 6.07 Å². The van der Waals surface area contributed by atoms with Gasteiger partial charge in [0.15, 0.2) is 11.5 Å². The third-order valence-electron chi connectivity index (χ3n) is 2.95. The molecule has 0 saturated carbocycles. The standard InChI is InChI=1S/C16H18FNO2/c1-18-10-12-7-8-15(16(9-12)19-2)20-11-13-5-3-4-6-14(13)17/h3-9,18H,10-11H2,1-2H3. The first-order valence-corrected chi connectivity index (χ1v) is 6.42. The fraction of sp³-hybridized carbons (Fsp3) is 0.250. The topological polar surface area (TPSA) is 30.5 Å². The molecule has 0 aromatic heterocycles. The van der Waals surface area contributed by atoms with E-state index in [-0.39, 0.29) is 12.4 Å². The van der Waals surface area contributed by atoms with Crippen LogP contribution in [0.3, 0.4) is 0 Å². The summed E-state index contributed by atoms with van der Waals surface area (Å²) in [5.41, 5.74) is 1.62. The van der Waals surface area contributed by atoms with Gasteiger partial charge >= 0.3 is 0 Å². The zero-order valence-corrected chi connectivity index (χ0v) is 11.7. The highest BCUT2D eigenvalue weighted by Gasteiger charge is 2.07. The van der Waals surface area contributed by atoms with E-state index in [2.05, 4.69) is 5.32 Å². The Bertz CT molecular complexity index is 572. The minimum absolute atomic E-state index is 0.175. The van der Waals surface area contributed by atoms with Gasteiger partial charge in [-0.25, -0.2) is 4.39 Å². The first-order valence-electron chi connectivity index (χ1n) is 6.42. The molecular formula is C16H18FNO2. The zero-order chi connectivity index (χ0) is 14.4.